The number of piperazine rings is 1. The Labute approximate surface area is 115 Å². The second-order valence-electron chi connectivity index (χ2n) is 4.89. The van der Waals surface area contributed by atoms with E-state index in [2.05, 4.69) is 39.6 Å². The summed E-state index contributed by atoms with van der Waals surface area (Å²) in [5.41, 5.74) is 0. The molecule has 1 aromatic rings. The van der Waals surface area contributed by atoms with Crippen molar-refractivity contribution < 1.29 is 0 Å². The Morgan fingerprint density at radius 2 is 2.00 bits per heavy atom. The first-order chi connectivity index (χ1) is 8.88. The Morgan fingerprint density at radius 3 is 2.67 bits per heavy atom. The topological polar surface area (TPSA) is 18.5 Å². The number of rotatable bonds is 7. The van der Waals surface area contributed by atoms with Gasteiger partial charge >= 0.3 is 0 Å². The first kappa shape index (κ1) is 14.0. The zero-order chi connectivity index (χ0) is 12.6. The molecule has 1 saturated heterocycles. The minimum absolute atomic E-state index is 1.03. The third kappa shape index (κ3) is 4.69. The summed E-state index contributed by atoms with van der Waals surface area (Å²) in [6.07, 6.45) is 1.26. The smallest absolute Gasteiger partial charge is 0.0299 e. The Hall–Kier alpha value is -0.420. The van der Waals surface area contributed by atoms with Crippen molar-refractivity contribution in [3.05, 3.63) is 22.4 Å². The standard InChI is InChI=1S/C14H25N3S/c1-2-16-8-10-17(11-9-16)7-4-6-15-13-14-5-3-12-18-14/h3,5,12,15H,2,4,6-11,13H2,1H3. The summed E-state index contributed by atoms with van der Waals surface area (Å²) < 4.78 is 0. The Bertz CT molecular complexity index is 305. The van der Waals surface area contributed by atoms with Crippen molar-refractivity contribution >= 4 is 11.3 Å². The molecule has 2 rings (SSSR count). The molecule has 0 atom stereocenters. The van der Waals surface area contributed by atoms with Crippen LogP contribution in [0.15, 0.2) is 17.5 Å². The maximum Gasteiger partial charge on any atom is 0.0299 e. The van der Waals surface area contributed by atoms with Gasteiger partial charge in [-0.05, 0) is 37.5 Å². The maximum absolute atomic E-state index is 3.52. The fourth-order valence-corrected chi connectivity index (χ4v) is 3.06. The van der Waals surface area contributed by atoms with Crippen LogP contribution in [0.5, 0.6) is 0 Å². The van der Waals surface area contributed by atoms with Crippen LogP contribution in [0.1, 0.15) is 18.2 Å². The number of hydrogen-bond donors (Lipinski definition) is 1. The predicted molar refractivity (Wildman–Crippen MR) is 79.2 cm³/mol. The summed E-state index contributed by atoms with van der Waals surface area (Å²) in [6.45, 7) is 11.9. The van der Waals surface area contributed by atoms with Crippen molar-refractivity contribution in [2.24, 2.45) is 0 Å². The van der Waals surface area contributed by atoms with Crippen LogP contribution in [0.2, 0.25) is 0 Å². The summed E-state index contributed by atoms with van der Waals surface area (Å²) in [4.78, 5) is 6.57. The van der Waals surface area contributed by atoms with Gasteiger partial charge in [0.25, 0.3) is 0 Å². The Balaban J connectivity index is 1.48. The van der Waals surface area contributed by atoms with Crippen molar-refractivity contribution in [3.8, 4) is 0 Å². The van der Waals surface area contributed by atoms with Crippen molar-refractivity contribution in [3.63, 3.8) is 0 Å². The quantitative estimate of drug-likeness (QED) is 0.761. The largest absolute Gasteiger partial charge is 0.312 e. The third-order valence-electron chi connectivity index (χ3n) is 3.62. The van der Waals surface area contributed by atoms with Crippen LogP contribution in [0, 0.1) is 0 Å². The van der Waals surface area contributed by atoms with Gasteiger partial charge in [0.2, 0.25) is 0 Å². The van der Waals surface area contributed by atoms with Gasteiger partial charge in [0.05, 0.1) is 0 Å². The molecule has 0 aromatic carbocycles. The summed E-state index contributed by atoms with van der Waals surface area (Å²) in [7, 11) is 0. The van der Waals surface area contributed by atoms with Gasteiger partial charge in [-0.3, -0.25) is 0 Å². The summed E-state index contributed by atoms with van der Waals surface area (Å²) >= 11 is 1.83. The Morgan fingerprint density at radius 1 is 1.22 bits per heavy atom. The van der Waals surface area contributed by atoms with Gasteiger partial charge in [-0.25, -0.2) is 0 Å². The Kier molecular flexibility index (Phi) is 6.14. The summed E-state index contributed by atoms with van der Waals surface area (Å²) in [5.74, 6) is 0. The lowest BCUT2D eigenvalue weighted by Crippen LogP contribution is -2.46. The van der Waals surface area contributed by atoms with Crippen LogP contribution in [-0.4, -0.2) is 55.6 Å². The highest BCUT2D eigenvalue weighted by Crippen LogP contribution is 2.07. The van der Waals surface area contributed by atoms with Gasteiger partial charge in [-0.1, -0.05) is 13.0 Å². The minimum Gasteiger partial charge on any atom is -0.312 e. The fraction of sp³-hybridized carbons (Fsp3) is 0.714. The molecular weight excluding hydrogens is 242 g/mol. The third-order valence-corrected chi connectivity index (χ3v) is 4.50. The molecule has 102 valence electrons. The number of thiophene rings is 1. The van der Waals surface area contributed by atoms with E-state index in [-0.39, 0.29) is 0 Å². The molecule has 1 aromatic heterocycles. The van der Waals surface area contributed by atoms with Gasteiger partial charge in [0.1, 0.15) is 0 Å². The molecule has 3 nitrogen and oxygen atoms in total. The van der Waals surface area contributed by atoms with Crippen LogP contribution in [0.4, 0.5) is 0 Å². The molecule has 0 saturated carbocycles. The fourth-order valence-electron chi connectivity index (χ4n) is 2.38. The van der Waals surface area contributed by atoms with E-state index in [1.807, 2.05) is 11.3 Å². The van der Waals surface area contributed by atoms with E-state index in [0.29, 0.717) is 0 Å². The average Bonchev–Trinajstić information content (AvgIpc) is 2.92. The van der Waals surface area contributed by atoms with Crippen molar-refractivity contribution in [2.75, 3.05) is 45.8 Å². The molecule has 1 aliphatic rings. The molecular formula is C14H25N3S. The predicted octanol–water partition coefficient (Wildman–Crippen LogP) is 1.87. The monoisotopic (exact) mass is 267 g/mol. The second-order valence-corrected chi connectivity index (χ2v) is 5.92. The van der Waals surface area contributed by atoms with Crippen LogP contribution in [0.25, 0.3) is 0 Å². The molecule has 0 bridgehead atoms. The van der Waals surface area contributed by atoms with E-state index in [0.717, 1.165) is 13.1 Å². The van der Waals surface area contributed by atoms with Gasteiger partial charge in [0, 0.05) is 37.6 Å². The molecule has 1 fully saturated rings. The highest BCUT2D eigenvalue weighted by molar-refractivity contribution is 7.09. The average molecular weight is 267 g/mol. The SMILES string of the molecule is CCN1CCN(CCCNCc2cccs2)CC1. The number of hydrogen-bond acceptors (Lipinski definition) is 4. The molecule has 0 amide bonds. The van der Waals surface area contributed by atoms with E-state index in [1.165, 1.54) is 50.6 Å². The number of likely N-dealkylation sites (N-methyl/N-ethyl adjacent to an activating group) is 1. The van der Waals surface area contributed by atoms with Crippen LogP contribution < -0.4 is 5.32 Å². The minimum atomic E-state index is 1.03. The lowest BCUT2D eigenvalue weighted by molar-refractivity contribution is 0.136. The molecule has 4 heteroatoms. The van der Waals surface area contributed by atoms with E-state index in [1.54, 1.807) is 0 Å². The molecule has 1 N–H and O–H groups in total. The van der Waals surface area contributed by atoms with Crippen molar-refractivity contribution in [1.29, 1.82) is 0 Å². The lowest BCUT2D eigenvalue weighted by atomic mass is 10.3. The van der Waals surface area contributed by atoms with Crippen LogP contribution in [-0.2, 0) is 6.54 Å². The molecule has 1 aliphatic heterocycles. The van der Waals surface area contributed by atoms with Crippen molar-refractivity contribution in [1.82, 2.24) is 15.1 Å². The lowest BCUT2D eigenvalue weighted by Gasteiger charge is -2.33. The molecule has 0 unspecified atom stereocenters. The van der Waals surface area contributed by atoms with Gasteiger partial charge in [-0.15, -0.1) is 11.3 Å². The van der Waals surface area contributed by atoms with E-state index in [4.69, 9.17) is 0 Å². The normalized spacial score (nSPS) is 18.3. The van der Waals surface area contributed by atoms with Crippen LogP contribution in [0.3, 0.4) is 0 Å². The number of nitrogens with one attached hydrogen (secondary N) is 1. The van der Waals surface area contributed by atoms with Gasteiger partial charge < -0.3 is 15.1 Å². The van der Waals surface area contributed by atoms with E-state index >= 15 is 0 Å². The van der Waals surface area contributed by atoms with E-state index < -0.39 is 0 Å². The van der Waals surface area contributed by atoms with E-state index in [9.17, 15) is 0 Å². The first-order valence-electron chi connectivity index (χ1n) is 7.06. The second kappa shape index (κ2) is 7.89. The molecule has 18 heavy (non-hydrogen) atoms. The number of nitrogens with zero attached hydrogens (tertiary/aromatic N) is 2. The zero-order valence-corrected chi connectivity index (χ0v) is 12.2. The van der Waals surface area contributed by atoms with Crippen molar-refractivity contribution in [2.45, 2.75) is 19.9 Å². The molecule has 0 radical (unpaired) electrons. The zero-order valence-electron chi connectivity index (χ0n) is 11.4. The molecule has 2 heterocycles. The summed E-state index contributed by atoms with van der Waals surface area (Å²) in [6, 6.07) is 4.32. The molecule has 0 spiro atoms. The van der Waals surface area contributed by atoms with Crippen LogP contribution >= 0.6 is 11.3 Å². The highest BCUT2D eigenvalue weighted by Gasteiger charge is 2.14. The summed E-state index contributed by atoms with van der Waals surface area (Å²) in [5, 5.41) is 5.66. The first-order valence-corrected chi connectivity index (χ1v) is 7.94. The van der Waals surface area contributed by atoms with Gasteiger partial charge in [-0.2, -0.15) is 0 Å². The molecule has 0 aliphatic carbocycles. The highest BCUT2D eigenvalue weighted by atomic mass is 32.1. The maximum atomic E-state index is 3.52. The van der Waals surface area contributed by atoms with Gasteiger partial charge in [0.15, 0.2) is 0 Å².